The number of rotatable bonds is 8. The quantitative estimate of drug-likeness (QED) is 0.717. The molecule has 0 aliphatic heterocycles. The van der Waals surface area contributed by atoms with Crippen LogP contribution in [0.1, 0.15) is 53.9 Å². The van der Waals surface area contributed by atoms with E-state index in [1.54, 1.807) is 0 Å². The largest absolute Gasteiger partial charge is 0.481 e. The molecule has 0 saturated heterocycles. The number of carbonyl (C=O) groups is 2. The van der Waals surface area contributed by atoms with Crippen molar-refractivity contribution in [2.45, 2.75) is 65.5 Å². The van der Waals surface area contributed by atoms with Gasteiger partial charge < -0.3 is 15.2 Å². The lowest BCUT2D eigenvalue weighted by Crippen LogP contribution is -2.41. The minimum Gasteiger partial charge on any atom is -0.481 e. The second kappa shape index (κ2) is 6.12. The molecule has 1 fully saturated rings. The predicted molar refractivity (Wildman–Crippen MR) is 76.4 cm³/mol. The van der Waals surface area contributed by atoms with Crippen molar-refractivity contribution in [1.82, 2.24) is 5.32 Å². The molecule has 2 N–H and O–H groups in total. The van der Waals surface area contributed by atoms with E-state index in [1.807, 2.05) is 34.6 Å². The van der Waals surface area contributed by atoms with Crippen LogP contribution in [0.4, 0.5) is 0 Å². The minimum absolute atomic E-state index is 0.0270. The fraction of sp³-hybridized carbons (Fsp3) is 0.867. The lowest BCUT2D eigenvalue weighted by molar-refractivity contribution is -0.138. The molecule has 5 heteroatoms. The molecule has 0 bridgehead atoms. The van der Waals surface area contributed by atoms with Gasteiger partial charge >= 0.3 is 5.97 Å². The number of ether oxygens (including phenoxy) is 1. The van der Waals surface area contributed by atoms with Crippen molar-refractivity contribution >= 4 is 11.9 Å². The number of hydrogen-bond acceptors (Lipinski definition) is 3. The average Bonchev–Trinajstić information content (AvgIpc) is 2.86. The Labute approximate surface area is 121 Å². The molecule has 1 amide bonds. The Hall–Kier alpha value is -1.10. The summed E-state index contributed by atoms with van der Waals surface area (Å²) in [7, 11) is 0. The first-order valence-electron chi connectivity index (χ1n) is 7.23. The molecular formula is C15H27NO4. The number of hydrogen-bond donors (Lipinski definition) is 2. The maximum atomic E-state index is 12.0. The Morgan fingerprint density at radius 2 is 2.05 bits per heavy atom. The van der Waals surface area contributed by atoms with E-state index in [-0.39, 0.29) is 29.9 Å². The van der Waals surface area contributed by atoms with Crippen molar-refractivity contribution in [3.63, 3.8) is 0 Å². The SMILES string of the molecule is CC(C)NC(=O)C(C)(C)CCOC1(C)CC1CC(=O)O. The molecule has 1 aliphatic carbocycles. The van der Waals surface area contributed by atoms with Gasteiger partial charge in [-0.3, -0.25) is 9.59 Å². The van der Waals surface area contributed by atoms with Gasteiger partial charge in [0.15, 0.2) is 0 Å². The first-order valence-corrected chi connectivity index (χ1v) is 7.23. The second-order valence-corrected chi connectivity index (χ2v) is 6.92. The normalized spacial score (nSPS) is 25.6. The van der Waals surface area contributed by atoms with Crippen LogP contribution in [0.15, 0.2) is 0 Å². The summed E-state index contributed by atoms with van der Waals surface area (Å²) >= 11 is 0. The molecule has 2 atom stereocenters. The zero-order valence-electron chi connectivity index (χ0n) is 13.2. The van der Waals surface area contributed by atoms with Crippen LogP contribution in [-0.2, 0) is 14.3 Å². The monoisotopic (exact) mass is 285 g/mol. The van der Waals surface area contributed by atoms with Crippen molar-refractivity contribution in [2.75, 3.05) is 6.61 Å². The third-order valence-corrected chi connectivity index (χ3v) is 3.97. The first-order chi connectivity index (χ1) is 9.07. The molecule has 5 nitrogen and oxygen atoms in total. The van der Waals surface area contributed by atoms with Gasteiger partial charge in [-0.05, 0) is 33.6 Å². The summed E-state index contributed by atoms with van der Waals surface area (Å²) in [5, 5.41) is 11.7. The predicted octanol–water partition coefficient (Wildman–Crippen LogP) is 2.20. The van der Waals surface area contributed by atoms with Crippen LogP contribution in [0, 0.1) is 11.3 Å². The first kappa shape index (κ1) is 17.0. The summed E-state index contributed by atoms with van der Waals surface area (Å²) in [4.78, 5) is 22.7. The number of amides is 1. The highest BCUT2D eigenvalue weighted by atomic mass is 16.5. The number of carboxylic acid groups (broad SMARTS) is 1. The minimum atomic E-state index is -0.779. The molecule has 0 aromatic carbocycles. The van der Waals surface area contributed by atoms with Gasteiger partial charge in [-0.25, -0.2) is 0 Å². The highest BCUT2D eigenvalue weighted by Crippen LogP contribution is 2.49. The average molecular weight is 285 g/mol. The molecule has 0 aromatic rings. The number of aliphatic carboxylic acids is 1. The lowest BCUT2D eigenvalue weighted by atomic mass is 9.88. The molecule has 116 valence electrons. The molecule has 0 heterocycles. The van der Waals surface area contributed by atoms with Gasteiger partial charge in [0.2, 0.25) is 5.91 Å². The maximum Gasteiger partial charge on any atom is 0.303 e. The van der Waals surface area contributed by atoms with E-state index in [2.05, 4.69) is 5.32 Å². The van der Waals surface area contributed by atoms with Gasteiger partial charge in [-0.2, -0.15) is 0 Å². The van der Waals surface area contributed by atoms with Gasteiger partial charge in [0, 0.05) is 24.0 Å². The summed E-state index contributed by atoms with van der Waals surface area (Å²) in [6, 6.07) is 0.128. The topological polar surface area (TPSA) is 75.6 Å². The van der Waals surface area contributed by atoms with Gasteiger partial charge in [-0.15, -0.1) is 0 Å². The van der Waals surface area contributed by atoms with Crippen molar-refractivity contribution in [2.24, 2.45) is 11.3 Å². The number of nitrogens with one attached hydrogen (secondary N) is 1. The molecule has 0 radical (unpaired) electrons. The van der Waals surface area contributed by atoms with Gasteiger partial charge in [0.05, 0.1) is 12.0 Å². The van der Waals surface area contributed by atoms with Crippen molar-refractivity contribution < 1.29 is 19.4 Å². The lowest BCUT2D eigenvalue weighted by Gasteiger charge is -2.25. The highest BCUT2D eigenvalue weighted by molar-refractivity contribution is 5.81. The molecule has 1 aliphatic rings. The Morgan fingerprint density at radius 1 is 1.45 bits per heavy atom. The molecule has 20 heavy (non-hydrogen) atoms. The maximum absolute atomic E-state index is 12.0. The third kappa shape index (κ3) is 4.78. The fourth-order valence-corrected chi connectivity index (χ4v) is 2.22. The van der Waals surface area contributed by atoms with E-state index < -0.39 is 11.4 Å². The van der Waals surface area contributed by atoms with E-state index in [4.69, 9.17) is 9.84 Å². The van der Waals surface area contributed by atoms with Crippen LogP contribution >= 0.6 is 0 Å². The van der Waals surface area contributed by atoms with Crippen LogP contribution in [0.2, 0.25) is 0 Å². The van der Waals surface area contributed by atoms with Crippen LogP contribution in [0.5, 0.6) is 0 Å². The van der Waals surface area contributed by atoms with E-state index in [1.165, 1.54) is 0 Å². The van der Waals surface area contributed by atoms with Crippen LogP contribution in [-0.4, -0.2) is 35.2 Å². The summed E-state index contributed by atoms with van der Waals surface area (Å²) in [5.41, 5.74) is -0.791. The molecule has 2 unspecified atom stereocenters. The van der Waals surface area contributed by atoms with Crippen molar-refractivity contribution in [3.05, 3.63) is 0 Å². The van der Waals surface area contributed by atoms with Gasteiger partial charge in [0.25, 0.3) is 0 Å². The number of carboxylic acids is 1. The van der Waals surface area contributed by atoms with Crippen LogP contribution in [0.25, 0.3) is 0 Å². The molecule has 0 aromatic heterocycles. The molecule has 1 rings (SSSR count). The Bertz CT molecular complexity index is 378. The standard InChI is InChI=1S/C15H27NO4/c1-10(2)16-13(19)14(3,4)6-7-20-15(5)9-11(15)8-12(17)18/h10-11H,6-9H2,1-5H3,(H,16,19)(H,17,18). The van der Waals surface area contributed by atoms with Crippen molar-refractivity contribution in [3.8, 4) is 0 Å². The summed E-state index contributed by atoms with van der Waals surface area (Å²) in [5.74, 6) is -0.647. The summed E-state index contributed by atoms with van der Waals surface area (Å²) < 4.78 is 5.80. The zero-order valence-corrected chi connectivity index (χ0v) is 13.2. The Kier molecular flexibility index (Phi) is 5.19. The summed E-state index contributed by atoms with van der Waals surface area (Å²) in [6.07, 6.45) is 1.58. The smallest absolute Gasteiger partial charge is 0.303 e. The van der Waals surface area contributed by atoms with Crippen LogP contribution < -0.4 is 5.32 Å². The van der Waals surface area contributed by atoms with Gasteiger partial charge in [0.1, 0.15) is 0 Å². The molecular weight excluding hydrogens is 258 g/mol. The Morgan fingerprint density at radius 3 is 2.55 bits per heavy atom. The fourth-order valence-electron chi connectivity index (χ4n) is 2.22. The van der Waals surface area contributed by atoms with Gasteiger partial charge in [-0.1, -0.05) is 13.8 Å². The van der Waals surface area contributed by atoms with E-state index in [0.29, 0.717) is 13.0 Å². The highest BCUT2D eigenvalue weighted by Gasteiger charge is 2.52. The van der Waals surface area contributed by atoms with E-state index in [0.717, 1.165) is 6.42 Å². The molecule has 1 saturated carbocycles. The van der Waals surface area contributed by atoms with Crippen LogP contribution in [0.3, 0.4) is 0 Å². The third-order valence-electron chi connectivity index (χ3n) is 3.97. The summed E-state index contributed by atoms with van der Waals surface area (Å²) in [6.45, 7) is 10.1. The Balaban J connectivity index is 2.33. The molecule has 0 spiro atoms. The van der Waals surface area contributed by atoms with Crippen molar-refractivity contribution in [1.29, 1.82) is 0 Å². The number of carbonyl (C=O) groups excluding carboxylic acids is 1. The zero-order chi connectivity index (χ0) is 15.6. The van der Waals surface area contributed by atoms with E-state index >= 15 is 0 Å². The second-order valence-electron chi connectivity index (χ2n) is 6.92. The van der Waals surface area contributed by atoms with E-state index in [9.17, 15) is 9.59 Å².